The number of carbonyl (C=O) groups excluding carboxylic acids is 1. The van der Waals surface area contributed by atoms with E-state index in [1.807, 2.05) is 18.2 Å². The number of H-pyrrole nitrogens is 1. The highest BCUT2D eigenvalue weighted by molar-refractivity contribution is 6.06. The van der Waals surface area contributed by atoms with Crippen molar-refractivity contribution in [3.63, 3.8) is 0 Å². The van der Waals surface area contributed by atoms with E-state index in [1.54, 1.807) is 36.4 Å². The summed E-state index contributed by atoms with van der Waals surface area (Å²) in [6.07, 6.45) is 0. The fraction of sp³-hybridized carbons (Fsp3) is 0.0588. The van der Waals surface area contributed by atoms with E-state index in [1.165, 1.54) is 7.11 Å². The third kappa shape index (κ3) is 2.56. The first-order valence-electron chi connectivity index (χ1n) is 6.75. The molecule has 5 heteroatoms. The number of aromatic nitrogens is 1. The molecule has 1 amide bonds. The Kier molecular flexibility index (Phi) is 3.62. The topological polar surface area (TPSA) is 71.2 Å². The van der Waals surface area contributed by atoms with Gasteiger partial charge in [0.15, 0.2) is 0 Å². The maximum Gasteiger partial charge on any atom is 0.261 e. The van der Waals surface area contributed by atoms with E-state index in [2.05, 4.69) is 10.3 Å². The number of hydrogen-bond acceptors (Lipinski definition) is 3. The molecule has 0 radical (unpaired) electrons. The molecule has 0 atom stereocenters. The number of amides is 1. The molecule has 2 aromatic carbocycles. The lowest BCUT2D eigenvalue weighted by Crippen LogP contribution is -2.23. The van der Waals surface area contributed by atoms with Crippen LogP contribution in [0.1, 0.15) is 10.4 Å². The van der Waals surface area contributed by atoms with Crippen LogP contribution >= 0.6 is 0 Å². The summed E-state index contributed by atoms with van der Waals surface area (Å²) >= 11 is 0. The number of pyridine rings is 1. The Hall–Kier alpha value is -3.08. The Morgan fingerprint density at radius 3 is 2.64 bits per heavy atom. The summed E-state index contributed by atoms with van der Waals surface area (Å²) in [6, 6.07) is 15.9. The number of aromatic amines is 1. The molecular weight excluding hydrogens is 280 g/mol. The van der Waals surface area contributed by atoms with Crippen LogP contribution in [0.5, 0.6) is 5.75 Å². The first-order chi connectivity index (χ1) is 10.7. The van der Waals surface area contributed by atoms with Gasteiger partial charge in [-0.3, -0.25) is 9.59 Å². The van der Waals surface area contributed by atoms with E-state index in [0.29, 0.717) is 17.0 Å². The van der Waals surface area contributed by atoms with Gasteiger partial charge in [-0.25, -0.2) is 0 Å². The van der Waals surface area contributed by atoms with Gasteiger partial charge < -0.3 is 15.0 Å². The van der Waals surface area contributed by atoms with Crippen LogP contribution in [0.25, 0.3) is 10.9 Å². The third-order valence-electron chi connectivity index (χ3n) is 3.35. The molecule has 0 aliphatic rings. The lowest BCUT2D eigenvalue weighted by Gasteiger charge is -2.09. The van der Waals surface area contributed by atoms with Crippen LogP contribution < -0.4 is 15.6 Å². The van der Waals surface area contributed by atoms with E-state index in [9.17, 15) is 9.59 Å². The fourth-order valence-corrected chi connectivity index (χ4v) is 2.25. The maximum absolute atomic E-state index is 12.4. The molecule has 0 aliphatic heterocycles. The maximum atomic E-state index is 12.4. The van der Waals surface area contributed by atoms with Gasteiger partial charge in [-0.05, 0) is 29.7 Å². The monoisotopic (exact) mass is 294 g/mol. The normalized spacial score (nSPS) is 10.4. The van der Waals surface area contributed by atoms with Crippen molar-refractivity contribution in [1.82, 2.24) is 4.98 Å². The van der Waals surface area contributed by atoms with Gasteiger partial charge in [0, 0.05) is 5.52 Å². The van der Waals surface area contributed by atoms with Crippen molar-refractivity contribution >= 4 is 22.5 Å². The van der Waals surface area contributed by atoms with Crippen LogP contribution in [-0.4, -0.2) is 18.0 Å². The Balaban J connectivity index is 1.98. The van der Waals surface area contributed by atoms with E-state index in [-0.39, 0.29) is 5.56 Å². The fourth-order valence-electron chi connectivity index (χ4n) is 2.25. The number of carbonyl (C=O) groups is 1. The number of fused-ring (bicyclic) bond motifs is 1. The highest BCUT2D eigenvalue weighted by atomic mass is 16.5. The predicted molar refractivity (Wildman–Crippen MR) is 85.5 cm³/mol. The highest BCUT2D eigenvalue weighted by Gasteiger charge is 2.13. The quantitative estimate of drug-likeness (QED) is 0.780. The van der Waals surface area contributed by atoms with Crippen molar-refractivity contribution in [2.75, 3.05) is 12.4 Å². The zero-order valence-corrected chi connectivity index (χ0v) is 11.9. The van der Waals surface area contributed by atoms with Crippen LogP contribution in [0.15, 0.2) is 59.4 Å². The Bertz CT molecular complexity index is 900. The summed E-state index contributed by atoms with van der Waals surface area (Å²) in [4.78, 5) is 27.1. The van der Waals surface area contributed by atoms with Gasteiger partial charge in [-0.2, -0.15) is 0 Å². The standard InChI is InChI=1S/C17H14N2O3/c1-22-15-9-5-4-8-14(15)19-17(21)12-10-11-6-2-3-7-13(11)18-16(12)20/h2-10H,1H3,(H,18,20)(H,19,21). The van der Waals surface area contributed by atoms with E-state index >= 15 is 0 Å². The highest BCUT2D eigenvalue weighted by Crippen LogP contribution is 2.23. The summed E-state index contributed by atoms with van der Waals surface area (Å²) in [5.41, 5.74) is 0.847. The van der Waals surface area contributed by atoms with Gasteiger partial charge in [-0.1, -0.05) is 30.3 Å². The van der Waals surface area contributed by atoms with E-state index < -0.39 is 11.5 Å². The lowest BCUT2D eigenvalue weighted by atomic mass is 10.1. The van der Waals surface area contributed by atoms with E-state index in [4.69, 9.17) is 4.74 Å². The summed E-state index contributed by atoms with van der Waals surface area (Å²) in [5, 5.41) is 3.50. The minimum atomic E-state index is -0.475. The van der Waals surface area contributed by atoms with Crippen molar-refractivity contribution in [2.24, 2.45) is 0 Å². The molecule has 22 heavy (non-hydrogen) atoms. The summed E-state index contributed by atoms with van der Waals surface area (Å²) in [6.45, 7) is 0. The third-order valence-corrected chi connectivity index (χ3v) is 3.35. The number of methoxy groups -OCH3 is 1. The molecule has 3 rings (SSSR count). The molecule has 0 saturated carbocycles. The molecule has 0 fully saturated rings. The molecule has 0 saturated heterocycles. The smallest absolute Gasteiger partial charge is 0.261 e. The van der Waals surface area contributed by atoms with Crippen LogP contribution in [0.2, 0.25) is 0 Å². The number of anilines is 1. The second-order valence-corrected chi connectivity index (χ2v) is 4.75. The van der Waals surface area contributed by atoms with Crippen molar-refractivity contribution in [2.45, 2.75) is 0 Å². The summed E-state index contributed by atoms with van der Waals surface area (Å²) in [5.74, 6) is 0.0598. The molecule has 0 unspecified atom stereocenters. The zero-order valence-electron chi connectivity index (χ0n) is 11.9. The van der Waals surface area contributed by atoms with Crippen LogP contribution in [0, 0.1) is 0 Å². The minimum Gasteiger partial charge on any atom is -0.495 e. The van der Waals surface area contributed by atoms with E-state index in [0.717, 1.165) is 5.39 Å². The number of hydrogen-bond donors (Lipinski definition) is 2. The van der Waals surface area contributed by atoms with Crippen LogP contribution in [-0.2, 0) is 0 Å². The van der Waals surface area contributed by atoms with Gasteiger partial charge in [0.25, 0.3) is 11.5 Å². The Morgan fingerprint density at radius 1 is 1.09 bits per heavy atom. The molecule has 0 spiro atoms. The lowest BCUT2D eigenvalue weighted by molar-refractivity contribution is 0.102. The largest absolute Gasteiger partial charge is 0.495 e. The Morgan fingerprint density at radius 2 is 1.82 bits per heavy atom. The molecule has 0 aliphatic carbocycles. The molecule has 1 aromatic heterocycles. The molecule has 5 nitrogen and oxygen atoms in total. The van der Waals surface area contributed by atoms with Gasteiger partial charge >= 0.3 is 0 Å². The second-order valence-electron chi connectivity index (χ2n) is 4.75. The molecule has 0 bridgehead atoms. The first kappa shape index (κ1) is 13.9. The Labute approximate surface area is 126 Å². The number of para-hydroxylation sites is 3. The number of rotatable bonds is 3. The molecule has 110 valence electrons. The van der Waals surface area contributed by atoms with Crippen LogP contribution in [0.3, 0.4) is 0 Å². The summed E-state index contributed by atoms with van der Waals surface area (Å²) in [7, 11) is 1.52. The average Bonchev–Trinajstić information content (AvgIpc) is 2.54. The van der Waals surface area contributed by atoms with Crippen molar-refractivity contribution < 1.29 is 9.53 Å². The second kappa shape index (κ2) is 5.73. The number of benzene rings is 2. The van der Waals surface area contributed by atoms with Crippen molar-refractivity contribution in [1.29, 1.82) is 0 Å². The molecule has 2 N–H and O–H groups in total. The molecule has 3 aromatic rings. The van der Waals surface area contributed by atoms with Gasteiger partial charge in [-0.15, -0.1) is 0 Å². The van der Waals surface area contributed by atoms with Gasteiger partial charge in [0.05, 0.1) is 12.8 Å². The van der Waals surface area contributed by atoms with Crippen LogP contribution in [0.4, 0.5) is 5.69 Å². The minimum absolute atomic E-state index is 0.0598. The zero-order chi connectivity index (χ0) is 15.5. The molecule has 1 heterocycles. The SMILES string of the molecule is COc1ccccc1NC(=O)c1cc2ccccc2[nH]c1=O. The van der Waals surface area contributed by atoms with Crippen molar-refractivity contribution in [3.05, 3.63) is 70.5 Å². The van der Waals surface area contributed by atoms with Crippen molar-refractivity contribution in [3.8, 4) is 5.75 Å². The first-order valence-corrected chi connectivity index (χ1v) is 6.75. The number of ether oxygens (including phenoxy) is 1. The summed E-state index contributed by atoms with van der Waals surface area (Å²) < 4.78 is 5.18. The molecular formula is C17H14N2O3. The number of nitrogens with one attached hydrogen (secondary N) is 2. The van der Waals surface area contributed by atoms with Gasteiger partial charge in [0.1, 0.15) is 11.3 Å². The van der Waals surface area contributed by atoms with Gasteiger partial charge in [0.2, 0.25) is 0 Å². The average molecular weight is 294 g/mol. The predicted octanol–water partition coefficient (Wildman–Crippen LogP) is 2.79.